The van der Waals surface area contributed by atoms with E-state index in [1.165, 1.54) is 0 Å². The minimum absolute atomic E-state index is 0.0244. The molecule has 0 bridgehead atoms. The number of hydrogen-bond acceptors (Lipinski definition) is 10. The lowest BCUT2D eigenvalue weighted by atomic mass is 10.1. The molecule has 0 saturated carbocycles. The average Bonchev–Trinajstić information content (AvgIpc) is 2.98. The molecule has 1 saturated heterocycles. The average molecular weight is 346 g/mol. The van der Waals surface area contributed by atoms with Crippen LogP contribution in [-0.2, 0) is 14.8 Å². The fourth-order valence-corrected chi connectivity index (χ4v) is 3.04. The van der Waals surface area contributed by atoms with Gasteiger partial charge in [0.05, 0.1) is 12.9 Å². The standard InChI is InChI=1S/C10H14N6O6S/c11-10(19)6(18)4(1-17)22-9(10)16-3-15-5-7(16)13-2-14-8(5)23(12,20)21/h2-4,6,9,17-19H,1,11H2,(H2,12,20,21)/t4-,6-,9-,10+/m1/s1. The molecular formula is C10H14N6O6S. The number of aliphatic hydroxyl groups is 3. The number of ether oxygens (including phenoxy) is 1. The van der Waals surface area contributed by atoms with Gasteiger partial charge in [0, 0.05) is 0 Å². The van der Waals surface area contributed by atoms with Gasteiger partial charge in [0.2, 0.25) is 5.03 Å². The third-order valence-electron chi connectivity index (χ3n) is 3.55. The molecule has 0 aliphatic carbocycles. The molecule has 0 radical (unpaired) electrons. The summed E-state index contributed by atoms with van der Waals surface area (Å²) >= 11 is 0. The SMILES string of the molecule is N[C@]1(O)[C@H](O)[C@@H](CO)O[C@H]1n1cnc2c(S(N)(=O)=O)ncnc21. The first-order valence-electron chi connectivity index (χ1n) is 6.34. The first kappa shape index (κ1) is 16.1. The molecule has 3 rings (SSSR count). The Morgan fingerprint density at radius 3 is 2.65 bits per heavy atom. The molecule has 1 fully saturated rings. The second kappa shape index (κ2) is 5.13. The number of aliphatic hydroxyl groups excluding tert-OH is 2. The van der Waals surface area contributed by atoms with E-state index in [-0.39, 0.29) is 11.2 Å². The van der Waals surface area contributed by atoms with E-state index in [0.717, 1.165) is 17.2 Å². The number of aromatic nitrogens is 4. The van der Waals surface area contributed by atoms with Gasteiger partial charge in [-0.3, -0.25) is 10.3 Å². The summed E-state index contributed by atoms with van der Waals surface area (Å²) in [5.41, 5.74) is 3.25. The molecule has 13 heteroatoms. The highest BCUT2D eigenvalue weighted by atomic mass is 32.2. The number of imidazole rings is 1. The van der Waals surface area contributed by atoms with E-state index in [1.54, 1.807) is 0 Å². The molecule has 0 amide bonds. The van der Waals surface area contributed by atoms with Crippen LogP contribution in [0.4, 0.5) is 0 Å². The van der Waals surface area contributed by atoms with Gasteiger partial charge in [0.15, 0.2) is 17.6 Å². The van der Waals surface area contributed by atoms with Crippen LogP contribution in [0.3, 0.4) is 0 Å². The van der Waals surface area contributed by atoms with Crippen LogP contribution in [0.1, 0.15) is 6.23 Å². The minimum atomic E-state index is -4.15. The Hall–Kier alpha value is -1.74. The predicted molar refractivity (Wildman–Crippen MR) is 72.8 cm³/mol. The molecular weight excluding hydrogens is 332 g/mol. The van der Waals surface area contributed by atoms with Crippen LogP contribution in [0, 0.1) is 0 Å². The van der Waals surface area contributed by atoms with Gasteiger partial charge in [0.1, 0.15) is 24.1 Å². The number of fused-ring (bicyclic) bond motifs is 1. The summed E-state index contributed by atoms with van der Waals surface area (Å²) in [6.45, 7) is -0.582. The summed E-state index contributed by atoms with van der Waals surface area (Å²) in [5.74, 6) is 0. The Labute approximate surface area is 129 Å². The Morgan fingerprint density at radius 1 is 1.39 bits per heavy atom. The first-order valence-corrected chi connectivity index (χ1v) is 7.88. The Bertz CT molecular complexity index is 851. The van der Waals surface area contributed by atoms with E-state index < -0.39 is 45.8 Å². The zero-order valence-electron chi connectivity index (χ0n) is 11.5. The maximum atomic E-state index is 11.5. The van der Waals surface area contributed by atoms with Crippen molar-refractivity contribution in [3.63, 3.8) is 0 Å². The second-order valence-electron chi connectivity index (χ2n) is 5.09. The smallest absolute Gasteiger partial charge is 0.257 e. The van der Waals surface area contributed by atoms with Crippen LogP contribution in [0.25, 0.3) is 11.2 Å². The van der Waals surface area contributed by atoms with Gasteiger partial charge in [-0.15, -0.1) is 0 Å². The summed E-state index contributed by atoms with van der Waals surface area (Å²) < 4.78 is 29.5. The normalized spacial score (nSPS) is 31.8. The minimum Gasteiger partial charge on any atom is -0.394 e. The molecule has 2 aromatic heterocycles. The second-order valence-corrected chi connectivity index (χ2v) is 6.57. The lowest BCUT2D eigenvalue weighted by molar-refractivity contribution is -0.103. The molecule has 23 heavy (non-hydrogen) atoms. The van der Waals surface area contributed by atoms with Crippen LogP contribution < -0.4 is 10.9 Å². The van der Waals surface area contributed by atoms with Crippen molar-refractivity contribution in [2.45, 2.75) is 29.2 Å². The van der Waals surface area contributed by atoms with E-state index >= 15 is 0 Å². The lowest BCUT2D eigenvalue weighted by Gasteiger charge is -2.26. The molecule has 0 aromatic carbocycles. The highest BCUT2D eigenvalue weighted by Crippen LogP contribution is 2.36. The van der Waals surface area contributed by atoms with Crippen molar-refractivity contribution in [2.75, 3.05) is 6.61 Å². The molecule has 1 aliphatic heterocycles. The van der Waals surface area contributed by atoms with Crippen LogP contribution in [0.5, 0.6) is 0 Å². The summed E-state index contributed by atoms with van der Waals surface area (Å²) in [4.78, 5) is 11.3. The van der Waals surface area contributed by atoms with Crippen molar-refractivity contribution in [1.29, 1.82) is 0 Å². The predicted octanol–water partition coefficient (Wildman–Crippen LogP) is -3.63. The molecule has 2 aromatic rings. The summed E-state index contributed by atoms with van der Waals surface area (Å²) in [7, 11) is -4.15. The van der Waals surface area contributed by atoms with Crippen molar-refractivity contribution in [1.82, 2.24) is 19.5 Å². The summed E-state index contributed by atoms with van der Waals surface area (Å²) in [6, 6.07) is 0. The number of sulfonamides is 1. The first-order chi connectivity index (χ1) is 10.7. The van der Waals surface area contributed by atoms with Gasteiger partial charge in [-0.2, -0.15) is 0 Å². The fraction of sp³-hybridized carbons (Fsp3) is 0.500. The highest BCUT2D eigenvalue weighted by molar-refractivity contribution is 7.89. The summed E-state index contributed by atoms with van der Waals surface area (Å²) in [5, 5.41) is 33.8. The van der Waals surface area contributed by atoms with Crippen molar-refractivity contribution in [3.05, 3.63) is 12.7 Å². The van der Waals surface area contributed by atoms with Crippen LogP contribution in [-0.4, -0.2) is 67.8 Å². The van der Waals surface area contributed by atoms with Crippen molar-refractivity contribution >= 4 is 21.2 Å². The van der Waals surface area contributed by atoms with E-state index in [0.29, 0.717) is 0 Å². The molecule has 7 N–H and O–H groups in total. The third kappa shape index (κ3) is 2.38. The molecule has 4 atom stereocenters. The van der Waals surface area contributed by atoms with Gasteiger partial charge in [-0.05, 0) is 0 Å². The van der Waals surface area contributed by atoms with Crippen LogP contribution in [0.2, 0.25) is 0 Å². The molecule has 1 aliphatic rings. The van der Waals surface area contributed by atoms with Crippen LogP contribution >= 0.6 is 0 Å². The Kier molecular flexibility index (Phi) is 3.60. The van der Waals surface area contributed by atoms with E-state index in [1.807, 2.05) is 0 Å². The highest BCUT2D eigenvalue weighted by Gasteiger charge is 2.54. The Morgan fingerprint density at radius 2 is 2.09 bits per heavy atom. The molecule has 126 valence electrons. The van der Waals surface area contributed by atoms with E-state index in [4.69, 9.17) is 20.7 Å². The van der Waals surface area contributed by atoms with Crippen molar-refractivity contribution in [3.8, 4) is 0 Å². The zero-order valence-corrected chi connectivity index (χ0v) is 12.3. The number of primary sulfonamides is 1. The van der Waals surface area contributed by atoms with Gasteiger partial charge < -0.3 is 20.1 Å². The fourth-order valence-electron chi connectivity index (χ4n) is 2.43. The van der Waals surface area contributed by atoms with Crippen LogP contribution in [0.15, 0.2) is 17.7 Å². The molecule has 0 unspecified atom stereocenters. The largest absolute Gasteiger partial charge is 0.394 e. The lowest BCUT2D eigenvalue weighted by Crippen LogP contribution is -2.54. The van der Waals surface area contributed by atoms with Gasteiger partial charge in [0.25, 0.3) is 10.0 Å². The quantitative estimate of drug-likeness (QED) is 0.273. The van der Waals surface area contributed by atoms with E-state index in [9.17, 15) is 18.6 Å². The van der Waals surface area contributed by atoms with E-state index in [2.05, 4.69) is 15.0 Å². The van der Waals surface area contributed by atoms with Crippen molar-refractivity contribution < 1.29 is 28.5 Å². The number of hydrogen-bond donors (Lipinski definition) is 5. The number of rotatable bonds is 3. The topological polar surface area (TPSA) is 200 Å². The zero-order chi connectivity index (χ0) is 17.0. The molecule has 12 nitrogen and oxygen atoms in total. The number of nitrogens with two attached hydrogens (primary N) is 2. The summed E-state index contributed by atoms with van der Waals surface area (Å²) in [6.07, 6.45) is -2.00. The maximum absolute atomic E-state index is 11.5. The third-order valence-corrected chi connectivity index (χ3v) is 4.39. The molecule has 0 spiro atoms. The van der Waals surface area contributed by atoms with Gasteiger partial charge in [-0.25, -0.2) is 28.5 Å². The van der Waals surface area contributed by atoms with Gasteiger partial charge in [-0.1, -0.05) is 0 Å². The monoisotopic (exact) mass is 346 g/mol. The molecule has 3 heterocycles. The number of nitrogens with zero attached hydrogens (tertiary/aromatic N) is 4. The van der Waals surface area contributed by atoms with Gasteiger partial charge >= 0.3 is 0 Å². The maximum Gasteiger partial charge on any atom is 0.257 e. The Balaban J connectivity index is 2.16. The van der Waals surface area contributed by atoms with Crippen molar-refractivity contribution in [2.24, 2.45) is 10.9 Å².